The van der Waals surface area contributed by atoms with Crippen molar-refractivity contribution in [2.24, 2.45) is 4.99 Å². The van der Waals surface area contributed by atoms with Gasteiger partial charge in [-0.15, -0.1) is 0 Å². The number of hydrogen-bond acceptors (Lipinski definition) is 4. The van der Waals surface area contributed by atoms with E-state index in [4.69, 9.17) is 4.74 Å². The third-order valence-corrected chi connectivity index (χ3v) is 4.13. The van der Waals surface area contributed by atoms with Crippen molar-refractivity contribution < 1.29 is 13.9 Å². The molecule has 1 aliphatic heterocycles. The summed E-state index contributed by atoms with van der Waals surface area (Å²) in [4.78, 5) is 19.8. The fraction of sp³-hybridized carbons (Fsp3) is 0.556. The van der Waals surface area contributed by atoms with Crippen LogP contribution in [0.1, 0.15) is 19.8 Å². The first kappa shape index (κ1) is 19.0. The molecule has 1 aromatic rings. The SMILES string of the molecule is CCOC(=O)CCCNC(=NC)N1CCN(c2ccccc2F)CC1. The second-order valence-electron chi connectivity index (χ2n) is 5.81. The van der Waals surface area contributed by atoms with E-state index in [0.717, 1.165) is 32.1 Å². The molecule has 1 aliphatic rings. The van der Waals surface area contributed by atoms with Crippen LogP contribution in [0.5, 0.6) is 0 Å². The summed E-state index contributed by atoms with van der Waals surface area (Å²) < 4.78 is 18.8. The average Bonchev–Trinajstić information content (AvgIpc) is 2.63. The summed E-state index contributed by atoms with van der Waals surface area (Å²) in [7, 11) is 1.75. The summed E-state index contributed by atoms with van der Waals surface area (Å²) in [5.41, 5.74) is 0.652. The van der Waals surface area contributed by atoms with Crippen LogP contribution in [0.3, 0.4) is 0 Å². The van der Waals surface area contributed by atoms with Gasteiger partial charge in [-0.3, -0.25) is 9.79 Å². The van der Waals surface area contributed by atoms with Crippen molar-refractivity contribution >= 4 is 17.6 Å². The average molecular weight is 350 g/mol. The molecule has 0 unspecified atom stereocenters. The molecule has 1 heterocycles. The molecule has 0 spiro atoms. The smallest absolute Gasteiger partial charge is 0.305 e. The van der Waals surface area contributed by atoms with E-state index in [1.807, 2.05) is 12.1 Å². The molecule has 0 saturated carbocycles. The molecule has 138 valence electrons. The van der Waals surface area contributed by atoms with E-state index in [1.54, 1.807) is 20.0 Å². The Balaban J connectivity index is 1.76. The number of benzene rings is 1. The lowest BCUT2D eigenvalue weighted by Gasteiger charge is -2.37. The van der Waals surface area contributed by atoms with Crippen molar-refractivity contribution in [3.8, 4) is 0 Å². The number of carbonyl (C=O) groups excluding carboxylic acids is 1. The molecule has 7 heteroatoms. The number of carbonyl (C=O) groups is 1. The van der Waals surface area contributed by atoms with Gasteiger partial charge >= 0.3 is 5.97 Å². The molecule has 1 saturated heterocycles. The second-order valence-corrected chi connectivity index (χ2v) is 5.81. The van der Waals surface area contributed by atoms with Crippen molar-refractivity contribution in [1.82, 2.24) is 10.2 Å². The van der Waals surface area contributed by atoms with Crippen LogP contribution < -0.4 is 10.2 Å². The van der Waals surface area contributed by atoms with Gasteiger partial charge in [0.15, 0.2) is 5.96 Å². The summed E-state index contributed by atoms with van der Waals surface area (Å²) in [5, 5.41) is 3.28. The number of halogens is 1. The zero-order valence-electron chi connectivity index (χ0n) is 15.0. The van der Waals surface area contributed by atoms with E-state index in [9.17, 15) is 9.18 Å². The third kappa shape index (κ3) is 5.62. The van der Waals surface area contributed by atoms with Gasteiger partial charge in [-0.25, -0.2) is 4.39 Å². The predicted molar refractivity (Wildman–Crippen MR) is 97.4 cm³/mol. The van der Waals surface area contributed by atoms with Crippen LogP contribution in [0.25, 0.3) is 0 Å². The molecule has 0 atom stereocenters. The van der Waals surface area contributed by atoms with Crippen molar-refractivity contribution in [3.05, 3.63) is 30.1 Å². The number of nitrogens with zero attached hydrogens (tertiary/aromatic N) is 3. The Morgan fingerprint density at radius 3 is 2.64 bits per heavy atom. The van der Waals surface area contributed by atoms with Gasteiger partial charge in [-0.2, -0.15) is 0 Å². The quantitative estimate of drug-likeness (QED) is 0.367. The van der Waals surface area contributed by atoms with Crippen LogP contribution in [0.4, 0.5) is 10.1 Å². The summed E-state index contributed by atoms with van der Waals surface area (Å²) in [5.74, 6) is 0.465. The van der Waals surface area contributed by atoms with Gasteiger partial charge in [0.05, 0.1) is 12.3 Å². The van der Waals surface area contributed by atoms with E-state index in [2.05, 4.69) is 20.1 Å². The Hall–Kier alpha value is -2.31. The van der Waals surface area contributed by atoms with Gasteiger partial charge in [0.2, 0.25) is 0 Å². The molecule has 1 fully saturated rings. The van der Waals surface area contributed by atoms with Crippen LogP contribution in [0.2, 0.25) is 0 Å². The molecule has 6 nitrogen and oxygen atoms in total. The van der Waals surface area contributed by atoms with Crippen LogP contribution in [-0.4, -0.2) is 63.2 Å². The number of anilines is 1. The third-order valence-electron chi connectivity index (χ3n) is 4.13. The molecule has 2 rings (SSSR count). The minimum Gasteiger partial charge on any atom is -0.466 e. The zero-order valence-corrected chi connectivity index (χ0v) is 15.0. The minimum absolute atomic E-state index is 0.169. The maximum absolute atomic E-state index is 13.9. The van der Waals surface area contributed by atoms with Crippen LogP contribution in [0, 0.1) is 5.82 Å². The predicted octanol–water partition coefficient (Wildman–Crippen LogP) is 1.87. The zero-order chi connectivity index (χ0) is 18.1. The highest BCUT2D eigenvalue weighted by molar-refractivity contribution is 5.80. The van der Waals surface area contributed by atoms with Gasteiger partial charge in [0, 0.05) is 46.2 Å². The Morgan fingerprint density at radius 2 is 2.00 bits per heavy atom. The van der Waals surface area contributed by atoms with Crippen LogP contribution in [0.15, 0.2) is 29.3 Å². The molecule has 1 aromatic carbocycles. The fourth-order valence-corrected chi connectivity index (χ4v) is 2.87. The normalized spacial score (nSPS) is 15.2. The highest BCUT2D eigenvalue weighted by atomic mass is 19.1. The van der Waals surface area contributed by atoms with Gasteiger partial charge in [0.1, 0.15) is 5.82 Å². The number of rotatable bonds is 6. The maximum Gasteiger partial charge on any atom is 0.305 e. The van der Waals surface area contributed by atoms with E-state index >= 15 is 0 Å². The molecule has 0 radical (unpaired) electrons. The highest BCUT2D eigenvalue weighted by Gasteiger charge is 2.21. The van der Waals surface area contributed by atoms with Gasteiger partial charge in [-0.1, -0.05) is 12.1 Å². The summed E-state index contributed by atoms with van der Waals surface area (Å²) in [6, 6.07) is 6.87. The molecule has 0 amide bonds. The number of guanidine groups is 1. The Labute approximate surface area is 148 Å². The Kier molecular flexibility index (Phi) is 7.50. The van der Waals surface area contributed by atoms with Gasteiger partial charge < -0.3 is 19.9 Å². The number of nitrogens with one attached hydrogen (secondary N) is 1. The van der Waals surface area contributed by atoms with Crippen molar-refractivity contribution in [3.63, 3.8) is 0 Å². The Bertz CT molecular complexity index is 586. The highest BCUT2D eigenvalue weighted by Crippen LogP contribution is 2.20. The molecule has 1 N–H and O–H groups in total. The number of piperazine rings is 1. The summed E-state index contributed by atoms with van der Waals surface area (Å²) in [6.07, 6.45) is 1.10. The number of ether oxygens (including phenoxy) is 1. The topological polar surface area (TPSA) is 57.2 Å². The number of para-hydroxylation sites is 1. The fourth-order valence-electron chi connectivity index (χ4n) is 2.87. The Morgan fingerprint density at radius 1 is 1.28 bits per heavy atom. The molecule has 0 aliphatic carbocycles. The lowest BCUT2D eigenvalue weighted by Crippen LogP contribution is -2.52. The molecule has 0 bridgehead atoms. The minimum atomic E-state index is -0.183. The second kappa shape index (κ2) is 9.86. The standard InChI is InChI=1S/C18H27FN4O2/c1-3-25-17(24)9-6-10-21-18(20-2)23-13-11-22(12-14-23)16-8-5-4-7-15(16)19/h4-5,7-8H,3,6,9-14H2,1-2H3,(H,20,21). The number of esters is 1. The van der Waals surface area contributed by atoms with E-state index in [-0.39, 0.29) is 11.8 Å². The first-order valence-corrected chi connectivity index (χ1v) is 8.76. The van der Waals surface area contributed by atoms with Gasteiger partial charge in [0.25, 0.3) is 0 Å². The summed E-state index contributed by atoms with van der Waals surface area (Å²) >= 11 is 0. The van der Waals surface area contributed by atoms with Crippen LogP contribution in [-0.2, 0) is 9.53 Å². The lowest BCUT2D eigenvalue weighted by molar-refractivity contribution is -0.143. The molecular weight excluding hydrogens is 323 g/mol. The first-order valence-electron chi connectivity index (χ1n) is 8.76. The van der Waals surface area contributed by atoms with Crippen molar-refractivity contribution in [1.29, 1.82) is 0 Å². The van der Waals surface area contributed by atoms with Crippen molar-refractivity contribution in [2.75, 3.05) is 51.3 Å². The largest absolute Gasteiger partial charge is 0.466 e. The van der Waals surface area contributed by atoms with E-state index in [0.29, 0.717) is 31.7 Å². The van der Waals surface area contributed by atoms with E-state index < -0.39 is 0 Å². The molecule has 25 heavy (non-hydrogen) atoms. The number of hydrogen-bond donors (Lipinski definition) is 1. The first-order chi connectivity index (χ1) is 12.2. The molecular formula is C18H27FN4O2. The maximum atomic E-state index is 13.9. The molecule has 0 aromatic heterocycles. The monoisotopic (exact) mass is 350 g/mol. The van der Waals surface area contributed by atoms with Crippen molar-refractivity contribution in [2.45, 2.75) is 19.8 Å². The lowest BCUT2D eigenvalue weighted by atomic mass is 10.2. The van der Waals surface area contributed by atoms with E-state index in [1.165, 1.54) is 6.07 Å². The van der Waals surface area contributed by atoms with Crippen LogP contribution >= 0.6 is 0 Å². The van der Waals surface area contributed by atoms with Gasteiger partial charge in [-0.05, 0) is 25.5 Å². The summed E-state index contributed by atoms with van der Waals surface area (Å²) in [6.45, 7) is 5.91. The number of aliphatic imine (C=N–C) groups is 1.